The fourth-order valence-electron chi connectivity index (χ4n) is 1.78. The minimum Gasteiger partial charge on any atom is -0.342 e. The zero-order valence-corrected chi connectivity index (χ0v) is 9.63. The molecular formula is C10H15N3OS. The molecule has 4 nitrogen and oxygen atoms in total. The van der Waals surface area contributed by atoms with Crippen molar-refractivity contribution < 1.29 is 0 Å². The van der Waals surface area contributed by atoms with Crippen LogP contribution in [0.2, 0.25) is 0 Å². The Kier molecular flexibility index (Phi) is 3.00. The predicted octanol–water partition coefficient (Wildman–Crippen LogP) is 1.36. The molecule has 0 spiro atoms. The second-order valence-corrected chi connectivity index (χ2v) is 4.64. The third-order valence-electron chi connectivity index (χ3n) is 2.67. The number of H-pyrrole nitrogens is 1. The highest BCUT2D eigenvalue weighted by molar-refractivity contribution is 7.80. The van der Waals surface area contributed by atoms with Crippen LogP contribution in [0.4, 0.5) is 5.95 Å². The number of nitrogens with one attached hydrogen (secondary N) is 1. The third kappa shape index (κ3) is 2.17. The largest absolute Gasteiger partial charge is 0.342 e. The Balaban J connectivity index is 2.28. The summed E-state index contributed by atoms with van der Waals surface area (Å²) in [5.41, 5.74) is 0.552. The van der Waals surface area contributed by atoms with Crippen molar-refractivity contribution in [1.82, 2.24) is 9.97 Å². The molecule has 0 aromatic carbocycles. The maximum atomic E-state index is 11.7. The van der Waals surface area contributed by atoms with Gasteiger partial charge in [0.15, 0.2) is 0 Å². The van der Waals surface area contributed by atoms with Crippen LogP contribution in [0.5, 0.6) is 0 Å². The van der Waals surface area contributed by atoms with Gasteiger partial charge in [0, 0.05) is 30.1 Å². The molecular weight excluding hydrogens is 210 g/mol. The molecule has 1 atom stereocenters. The van der Waals surface area contributed by atoms with Gasteiger partial charge in [-0.1, -0.05) is 0 Å². The Bertz CT molecular complexity index is 396. The second kappa shape index (κ2) is 4.26. The highest BCUT2D eigenvalue weighted by Gasteiger charge is 2.15. The Morgan fingerprint density at radius 1 is 1.53 bits per heavy atom. The summed E-state index contributed by atoms with van der Waals surface area (Å²) >= 11 is 4.23. The maximum Gasteiger partial charge on any atom is 0.256 e. The smallest absolute Gasteiger partial charge is 0.256 e. The molecule has 82 valence electrons. The van der Waals surface area contributed by atoms with Gasteiger partial charge in [0.05, 0.1) is 0 Å². The highest BCUT2D eigenvalue weighted by atomic mass is 32.1. The summed E-state index contributed by atoms with van der Waals surface area (Å²) in [5, 5.41) is -0.0751. The number of thiol groups is 1. The maximum absolute atomic E-state index is 11.7. The number of nitrogens with zero attached hydrogens (tertiary/aromatic N) is 2. The van der Waals surface area contributed by atoms with Crippen LogP contribution in [0.25, 0.3) is 0 Å². The molecule has 1 aromatic heterocycles. The number of rotatable bonds is 2. The molecule has 1 saturated heterocycles. The normalized spacial score (nSPS) is 18.1. The summed E-state index contributed by atoms with van der Waals surface area (Å²) in [5.74, 6) is 0.690. The van der Waals surface area contributed by atoms with Crippen molar-refractivity contribution in [2.45, 2.75) is 25.0 Å². The van der Waals surface area contributed by atoms with E-state index in [2.05, 4.69) is 27.5 Å². The molecule has 1 aliphatic heterocycles. The van der Waals surface area contributed by atoms with Gasteiger partial charge in [-0.25, -0.2) is 4.98 Å². The zero-order valence-electron chi connectivity index (χ0n) is 8.73. The van der Waals surface area contributed by atoms with Gasteiger partial charge in [-0.3, -0.25) is 9.78 Å². The van der Waals surface area contributed by atoms with Crippen LogP contribution in [0, 0.1) is 0 Å². The Morgan fingerprint density at radius 2 is 2.20 bits per heavy atom. The van der Waals surface area contributed by atoms with Gasteiger partial charge in [0.2, 0.25) is 5.95 Å². The van der Waals surface area contributed by atoms with Crippen LogP contribution in [-0.2, 0) is 0 Å². The lowest BCUT2D eigenvalue weighted by Crippen LogP contribution is -2.25. The van der Waals surface area contributed by atoms with E-state index in [0.717, 1.165) is 13.1 Å². The van der Waals surface area contributed by atoms with E-state index in [1.54, 1.807) is 6.20 Å². The van der Waals surface area contributed by atoms with Crippen molar-refractivity contribution in [1.29, 1.82) is 0 Å². The summed E-state index contributed by atoms with van der Waals surface area (Å²) in [4.78, 5) is 20.8. The van der Waals surface area contributed by atoms with Crippen molar-refractivity contribution in [3.63, 3.8) is 0 Å². The van der Waals surface area contributed by atoms with Crippen LogP contribution in [0.1, 0.15) is 30.6 Å². The third-order valence-corrected chi connectivity index (χ3v) is 2.95. The van der Waals surface area contributed by atoms with Gasteiger partial charge in [0.25, 0.3) is 5.56 Å². The molecule has 5 heteroatoms. The number of hydrogen-bond donors (Lipinski definition) is 2. The summed E-state index contributed by atoms with van der Waals surface area (Å²) in [6.07, 6.45) is 3.98. The SMILES string of the molecule is CC(S)c1cnc(N2CCCC2)[nH]c1=O. The second-order valence-electron chi connectivity index (χ2n) is 3.86. The van der Waals surface area contributed by atoms with Crippen LogP contribution < -0.4 is 10.5 Å². The summed E-state index contributed by atoms with van der Waals surface area (Å²) in [6, 6.07) is 0. The number of aromatic amines is 1. The lowest BCUT2D eigenvalue weighted by molar-refractivity contribution is 0.873. The minimum absolute atomic E-state index is 0.0746. The van der Waals surface area contributed by atoms with E-state index in [1.165, 1.54) is 12.8 Å². The first-order chi connectivity index (χ1) is 7.18. The Morgan fingerprint density at radius 3 is 2.73 bits per heavy atom. The fraction of sp³-hybridized carbons (Fsp3) is 0.600. The number of aromatic nitrogens is 2. The van der Waals surface area contributed by atoms with Gasteiger partial charge < -0.3 is 4.90 Å². The highest BCUT2D eigenvalue weighted by Crippen LogP contribution is 2.17. The van der Waals surface area contributed by atoms with Crippen LogP contribution >= 0.6 is 12.6 Å². The van der Waals surface area contributed by atoms with Gasteiger partial charge in [0.1, 0.15) is 0 Å². The molecule has 0 bridgehead atoms. The predicted molar refractivity (Wildman–Crippen MR) is 63.7 cm³/mol. The van der Waals surface area contributed by atoms with E-state index in [0.29, 0.717) is 11.5 Å². The van der Waals surface area contributed by atoms with Crippen molar-refractivity contribution in [3.05, 3.63) is 22.1 Å². The van der Waals surface area contributed by atoms with Crippen molar-refractivity contribution in [2.75, 3.05) is 18.0 Å². The molecule has 1 unspecified atom stereocenters. The van der Waals surface area contributed by atoms with E-state index in [4.69, 9.17) is 0 Å². The Hall–Kier alpha value is -0.970. The first-order valence-electron chi connectivity index (χ1n) is 5.20. The van der Waals surface area contributed by atoms with Gasteiger partial charge in [-0.05, 0) is 19.8 Å². The molecule has 1 aliphatic rings. The van der Waals surface area contributed by atoms with E-state index >= 15 is 0 Å². The van der Waals surface area contributed by atoms with Gasteiger partial charge >= 0.3 is 0 Å². The van der Waals surface area contributed by atoms with Gasteiger partial charge in [-0.2, -0.15) is 12.6 Å². The number of hydrogen-bond acceptors (Lipinski definition) is 4. The lowest BCUT2D eigenvalue weighted by atomic mass is 10.2. The molecule has 1 fully saturated rings. The minimum atomic E-state index is -0.0751. The number of anilines is 1. The summed E-state index contributed by atoms with van der Waals surface area (Å²) in [7, 11) is 0. The molecule has 2 heterocycles. The van der Waals surface area contributed by atoms with E-state index < -0.39 is 0 Å². The average Bonchev–Trinajstić information content (AvgIpc) is 2.69. The molecule has 0 radical (unpaired) electrons. The summed E-state index contributed by atoms with van der Waals surface area (Å²) < 4.78 is 0. The van der Waals surface area contributed by atoms with Crippen LogP contribution in [-0.4, -0.2) is 23.1 Å². The summed E-state index contributed by atoms with van der Waals surface area (Å²) in [6.45, 7) is 3.84. The average molecular weight is 225 g/mol. The molecule has 15 heavy (non-hydrogen) atoms. The Labute approximate surface area is 94.1 Å². The lowest BCUT2D eigenvalue weighted by Gasteiger charge is -2.15. The molecule has 1 aromatic rings. The first kappa shape index (κ1) is 10.5. The molecule has 0 saturated carbocycles. The molecule has 0 aliphatic carbocycles. The topological polar surface area (TPSA) is 49.0 Å². The van der Waals surface area contributed by atoms with E-state index in [9.17, 15) is 4.79 Å². The van der Waals surface area contributed by atoms with Gasteiger partial charge in [-0.15, -0.1) is 0 Å². The zero-order chi connectivity index (χ0) is 10.8. The molecule has 2 rings (SSSR count). The standard InChI is InChI=1S/C10H15N3OS/c1-7(15)8-6-11-10(12-9(8)14)13-4-2-3-5-13/h6-7,15H,2-5H2,1H3,(H,11,12,14). The fourth-order valence-corrected chi connectivity index (χ4v) is 1.97. The monoisotopic (exact) mass is 225 g/mol. The van der Waals surface area contributed by atoms with Crippen molar-refractivity contribution in [2.24, 2.45) is 0 Å². The van der Waals surface area contributed by atoms with Crippen molar-refractivity contribution in [3.8, 4) is 0 Å². The van der Waals surface area contributed by atoms with Crippen LogP contribution in [0.15, 0.2) is 11.0 Å². The van der Waals surface area contributed by atoms with Crippen molar-refractivity contribution >= 4 is 18.6 Å². The first-order valence-corrected chi connectivity index (χ1v) is 5.72. The quantitative estimate of drug-likeness (QED) is 0.747. The van der Waals surface area contributed by atoms with Crippen LogP contribution in [0.3, 0.4) is 0 Å². The van der Waals surface area contributed by atoms with E-state index in [-0.39, 0.29) is 10.8 Å². The molecule has 0 amide bonds. The van der Waals surface area contributed by atoms with E-state index in [1.807, 2.05) is 6.92 Å². The molecule has 1 N–H and O–H groups in total.